The molecular weight excluding hydrogens is 322 g/mol. The Bertz CT molecular complexity index is 1010. The van der Waals surface area contributed by atoms with Gasteiger partial charge in [0.15, 0.2) is 0 Å². The van der Waals surface area contributed by atoms with E-state index in [1.807, 2.05) is 6.92 Å². The van der Waals surface area contributed by atoms with Gasteiger partial charge in [-0.05, 0) is 25.1 Å². The number of nitrogen functional groups attached to an aromatic ring is 1. The molecule has 0 aliphatic rings. The van der Waals surface area contributed by atoms with Crippen molar-refractivity contribution in [1.82, 2.24) is 14.7 Å². The highest BCUT2D eigenvalue weighted by atomic mass is 16.5. The topological polar surface area (TPSA) is 103 Å². The molecule has 8 nitrogen and oxygen atoms in total. The van der Waals surface area contributed by atoms with Crippen molar-refractivity contribution in [3.8, 4) is 0 Å². The van der Waals surface area contributed by atoms with Gasteiger partial charge >= 0.3 is 0 Å². The molecule has 0 unspecified atom stereocenters. The molecule has 0 spiro atoms. The number of hydrogen-bond acceptors (Lipinski definition) is 5. The Labute approximate surface area is 143 Å². The van der Waals surface area contributed by atoms with Gasteiger partial charge in [0.2, 0.25) is 11.5 Å². The first-order chi connectivity index (χ1) is 12.1. The molecule has 25 heavy (non-hydrogen) atoms. The molecule has 130 valence electrons. The summed E-state index contributed by atoms with van der Waals surface area (Å²) in [6.07, 6.45) is 1.64. The predicted molar refractivity (Wildman–Crippen MR) is 93.5 cm³/mol. The third-order valence-corrected chi connectivity index (χ3v) is 3.96. The van der Waals surface area contributed by atoms with Crippen LogP contribution < -0.4 is 21.2 Å². The second kappa shape index (κ2) is 6.86. The minimum absolute atomic E-state index is 0.250. The first-order valence-electron chi connectivity index (χ1n) is 7.99. The minimum atomic E-state index is -0.328. The van der Waals surface area contributed by atoms with E-state index in [0.29, 0.717) is 36.4 Å². The fourth-order valence-corrected chi connectivity index (χ4v) is 2.75. The van der Waals surface area contributed by atoms with Crippen LogP contribution in [0.1, 0.15) is 17.3 Å². The highest BCUT2D eigenvalue weighted by Gasteiger charge is 2.23. The number of nitrogens with two attached hydrogens (primary N) is 1. The third-order valence-electron chi connectivity index (χ3n) is 3.96. The molecule has 0 saturated heterocycles. The van der Waals surface area contributed by atoms with Crippen LogP contribution in [0.3, 0.4) is 0 Å². The number of pyridine rings is 2. The Hall–Kier alpha value is -3.00. The number of amides is 1. The lowest BCUT2D eigenvalue weighted by Crippen LogP contribution is -2.44. The number of carbonyl (C=O) groups is 1. The van der Waals surface area contributed by atoms with Crippen LogP contribution in [0.2, 0.25) is 0 Å². The summed E-state index contributed by atoms with van der Waals surface area (Å²) >= 11 is 0. The first kappa shape index (κ1) is 16.8. The number of carbonyl (C=O) groups excluding carboxylic acids is 1. The number of methoxy groups -OCH3 is 1. The molecule has 0 aliphatic heterocycles. The standard InChI is InChI=1S/C17H19N5O3/c1-3-19-16(23)11-10-12-15(22(14(11)18)8-9-25-2)20-13-6-4-5-7-21(13)17(12)24/h4-7,10,18H,3,8-9H2,1-2H3,(H,19,23)/p+1. The highest BCUT2D eigenvalue weighted by molar-refractivity contribution is 6.00. The number of fused-ring (bicyclic) bond motifs is 2. The molecule has 0 atom stereocenters. The summed E-state index contributed by atoms with van der Waals surface area (Å²) in [5, 5.41) is 3.04. The zero-order valence-corrected chi connectivity index (χ0v) is 14.2. The maximum Gasteiger partial charge on any atom is 0.278 e. The molecular formula is C17H20N5O3+. The van der Waals surface area contributed by atoms with Gasteiger partial charge in [0, 0.05) is 19.9 Å². The number of aromatic nitrogens is 3. The van der Waals surface area contributed by atoms with E-state index in [1.54, 1.807) is 36.1 Å². The van der Waals surface area contributed by atoms with Crippen molar-refractivity contribution in [2.24, 2.45) is 0 Å². The van der Waals surface area contributed by atoms with Gasteiger partial charge in [-0.15, -0.1) is 0 Å². The van der Waals surface area contributed by atoms with Gasteiger partial charge < -0.3 is 15.8 Å². The van der Waals surface area contributed by atoms with E-state index in [-0.39, 0.29) is 22.8 Å². The van der Waals surface area contributed by atoms with Crippen LogP contribution in [-0.2, 0) is 11.3 Å². The second-order valence-electron chi connectivity index (χ2n) is 5.53. The van der Waals surface area contributed by atoms with Gasteiger partial charge in [-0.2, -0.15) is 0 Å². The quantitative estimate of drug-likeness (QED) is 0.506. The maximum atomic E-state index is 12.9. The van der Waals surface area contributed by atoms with Crippen LogP contribution in [0.4, 0.5) is 5.82 Å². The largest absolute Gasteiger partial charge is 0.381 e. The van der Waals surface area contributed by atoms with E-state index in [2.05, 4.69) is 10.3 Å². The van der Waals surface area contributed by atoms with Crippen LogP contribution >= 0.6 is 0 Å². The van der Waals surface area contributed by atoms with E-state index in [0.717, 1.165) is 0 Å². The van der Waals surface area contributed by atoms with Crippen LogP contribution in [0.25, 0.3) is 16.7 Å². The van der Waals surface area contributed by atoms with Crippen molar-refractivity contribution in [2.75, 3.05) is 26.0 Å². The van der Waals surface area contributed by atoms with Crippen LogP contribution in [-0.4, -0.2) is 35.6 Å². The Morgan fingerprint density at radius 1 is 1.44 bits per heavy atom. The molecule has 8 heteroatoms. The molecule has 0 aliphatic carbocycles. The number of nitrogens with one attached hydrogen (secondary N) is 1. The van der Waals surface area contributed by atoms with Gasteiger partial charge in [0.25, 0.3) is 17.1 Å². The molecule has 3 aromatic rings. The molecule has 3 N–H and O–H groups in total. The van der Waals surface area contributed by atoms with Gasteiger partial charge in [-0.3, -0.25) is 14.0 Å². The molecule has 0 bridgehead atoms. The van der Waals surface area contributed by atoms with Gasteiger partial charge in [0.05, 0.1) is 13.2 Å². The van der Waals surface area contributed by atoms with E-state index in [9.17, 15) is 9.59 Å². The molecule has 0 fully saturated rings. The zero-order valence-electron chi connectivity index (χ0n) is 14.2. The summed E-state index contributed by atoms with van der Waals surface area (Å²) in [6.45, 7) is 3.03. The van der Waals surface area contributed by atoms with Crippen LogP contribution in [0.5, 0.6) is 0 Å². The number of anilines is 1. The van der Waals surface area contributed by atoms with E-state index in [4.69, 9.17) is 10.5 Å². The van der Waals surface area contributed by atoms with Crippen molar-refractivity contribution in [3.63, 3.8) is 0 Å². The Balaban J connectivity index is 2.38. The summed E-state index contributed by atoms with van der Waals surface area (Å²) in [5.74, 6) is -0.0756. The average Bonchev–Trinajstić information content (AvgIpc) is 2.61. The summed E-state index contributed by atoms with van der Waals surface area (Å²) in [5.41, 5.74) is 7.15. The van der Waals surface area contributed by atoms with Crippen LogP contribution in [0, 0.1) is 0 Å². The van der Waals surface area contributed by atoms with Gasteiger partial charge in [-0.25, -0.2) is 4.57 Å². The fourth-order valence-electron chi connectivity index (χ4n) is 2.75. The Kier molecular flexibility index (Phi) is 4.62. The molecule has 1 amide bonds. The number of ether oxygens (including phenoxy) is 1. The maximum absolute atomic E-state index is 12.9. The van der Waals surface area contributed by atoms with Crippen molar-refractivity contribution < 1.29 is 14.1 Å². The molecule has 3 aromatic heterocycles. The van der Waals surface area contributed by atoms with Crippen molar-refractivity contribution >= 4 is 28.4 Å². The third kappa shape index (κ3) is 2.91. The van der Waals surface area contributed by atoms with E-state index < -0.39 is 0 Å². The monoisotopic (exact) mass is 342 g/mol. The SMILES string of the molecule is CCNC(=O)c1cc2c(=O)n3ccccc3nc2[n+](CCOC)c1N. The number of rotatable bonds is 5. The normalized spacial score (nSPS) is 11.1. The zero-order chi connectivity index (χ0) is 18.0. The summed E-state index contributed by atoms with van der Waals surface area (Å²) in [6, 6.07) is 6.81. The second-order valence-corrected chi connectivity index (χ2v) is 5.53. The molecule has 0 aromatic carbocycles. The van der Waals surface area contributed by atoms with E-state index in [1.165, 1.54) is 10.5 Å². The van der Waals surface area contributed by atoms with E-state index >= 15 is 0 Å². The van der Waals surface area contributed by atoms with Crippen molar-refractivity contribution in [3.05, 3.63) is 46.4 Å². The summed E-state index contributed by atoms with van der Waals surface area (Å²) in [7, 11) is 1.57. The van der Waals surface area contributed by atoms with Crippen LogP contribution in [0.15, 0.2) is 35.3 Å². The Morgan fingerprint density at radius 3 is 2.96 bits per heavy atom. The summed E-state index contributed by atoms with van der Waals surface area (Å²) < 4.78 is 8.22. The van der Waals surface area contributed by atoms with Gasteiger partial charge in [0.1, 0.15) is 10.9 Å². The lowest BCUT2D eigenvalue weighted by atomic mass is 10.1. The predicted octanol–water partition coefficient (Wildman–Crippen LogP) is 0.114. The number of hydrogen-bond donors (Lipinski definition) is 2. The molecule has 0 radical (unpaired) electrons. The summed E-state index contributed by atoms with van der Waals surface area (Å²) in [4.78, 5) is 29.8. The van der Waals surface area contributed by atoms with Crippen molar-refractivity contribution in [2.45, 2.75) is 13.5 Å². The smallest absolute Gasteiger partial charge is 0.278 e. The van der Waals surface area contributed by atoms with Crippen molar-refractivity contribution in [1.29, 1.82) is 0 Å². The lowest BCUT2D eigenvalue weighted by Gasteiger charge is -2.11. The molecule has 3 heterocycles. The average molecular weight is 342 g/mol. The highest BCUT2D eigenvalue weighted by Crippen LogP contribution is 2.14. The Morgan fingerprint density at radius 2 is 2.24 bits per heavy atom. The minimum Gasteiger partial charge on any atom is -0.381 e. The first-order valence-corrected chi connectivity index (χ1v) is 7.99. The number of nitrogens with zero attached hydrogens (tertiary/aromatic N) is 3. The fraction of sp³-hybridized carbons (Fsp3) is 0.294. The molecule has 3 rings (SSSR count). The molecule has 0 saturated carbocycles. The van der Waals surface area contributed by atoms with Gasteiger partial charge in [-0.1, -0.05) is 11.1 Å². The lowest BCUT2D eigenvalue weighted by molar-refractivity contribution is -0.660.